The number of nitrogens with one attached hydrogen (secondary N) is 1. The molecule has 5 heteroatoms. The minimum Gasteiger partial charge on any atom is -0.480 e. The molecule has 0 saturated heterocycles. The minimum atomic E-state index is -1.05. The number of para-hydroxylation sites is 1. The van der Waals surface area contributed by atoms with E-state index >= 15 is 0 Å². The third-order valence-electron chi connectivity index (χ3n) is 3.59. The number of hydrogen-bond donors (Lipinski definition) is 2. The highest BCUT2D eigenvalue weighted by atomic mass is 16.4. The highest BCUT2D eigenvalue weighted by molar-refractivity contribution is 6.00. The molecule has 1 aromatic carbocycles. The van der Waals surface area contributed by atoms with Gasteiger partial charge in [0.15, 0.2) is 5.76 Å². The molecule has 1 atom stereocenters. The molecule has 5 nitrogen and oxygen atoms in total. The zero-order valence-electron chi connectivity index (χ0n) is 12.6. The second-order valence-electron chi connectivity index (χ2n) is 5.54. The molecule has 2 aromatic rings. The van der Waals surface area contributed by atoms with Crippen molar-refractivity contribution < 1.29 is 19.1 Å². The van der Waals surface area contributed by atoms with Crippen LogP contribution in [0.25, 0.3) is 11.0 Å². The Morgan fingerprint density at radius 2 is 1.90 bits per heavy atom. The minimum absolute atomic E-state index is 0.172. The van der Waals surface area contributed by atoms with Crippen molar-refractivity contribution in [2.24, 2.45) is 5.92 Å². The molecule has 112 valence electrons. The van der Waals surface area contributed by atoms with E-state index in [-0.39, 0.29) is 11.7 Å². The number of fused-ring (bicyclic) bond motifs is 1. The number of hydrogen-bond acceptors (Lipinski definition) is 3. The lowest BCUT2D eigenvalue weighted by atomic mass is 10.0. The van der Waals surface area contributed by atoms with E-state index in [2.05, 4.69) is 5.32 Å². The lowest BCUT2D eigenvalue weighted by molar-refractivity contribution is -0.140. The SMILES string of the molecule is Cc1c(C(=O)N[C@H](C(=O)O)C(C)C)oc2c(C)cccc12. The van der Waals surface area contributed by atoms with Crippen LogP contribution in [0.4, 0.5) is 0 Å². The standard InChI is InChI=1S/C16H19NO4/c1-8(2)12(16(19)20)17-15(18)14-10(4)11-7-5-6-9(3)13(11)21-14/h5-8,12H,1-4H3,(H,17,18)(H,19,20)/t12-/m0/s1. The zero-order chi connectivity index (χ0) is 15.7. The normalized spacial score (nSPS) is 12.6. The summed E-state index contributed by atoms with van der Waals surface area (Å²) in [6.07, 6.45) is 0. The van der Waals surface area contributed by atoms with Crippen molar-refractivity contribution in [1.82, 2.24) is 5.32 Å². The Morgan fingerprint density at radius 1 is 1.24 bits per heavy atom. The van der Waals surface area contributed by atoms with E-state index in [9.17, 15) is 9.59 Å². The molecule has 0 saturated carbocycles. The third-order valence-corrected chi connectivity index (χ3v) is 3.59. The largest absolute Gasteiger partial charge is 0.480 e. The molecule has 2 N–H and O–H groups in total. The summed E-state index contributed by atoms with van der Waals surface area (Å²) in [5.74, 6) is -1.59. The number of carbonyl (C=O) groups excluding carboxylic acids is 1. The second-order valence-corrected chi connectivity index (χ2v) is 5.54. The summed E-state index contributed by atoms with van der Waals surface area (Å²) in [5, 5.41) is 12.5. The molecule has 1 aromatic heterocycles. The van der Waals surface area contributed by atoms with E-state index in [1.807, 2.05) is 25.1 Å². The lowest BCUT2D eigenvalue weighted by Gasteiger charge is -2.17. The lowest BCUT2D eigenvalue weighted by Crippen LogP contribution is -2.44. The van der Waals surface area contributed by atoms with E-state index in [0.717, 1.165) is 16.5 Å². The maximum absolute atomic E-state index is 12.3. The number of rotatable bonds is 4. The summed E-state index contributed by atoms with van der Waals surface area (Å²) in [7, 11) is 0. The molecule has 1 amide bonds. The van der Waals surface area contributed by atoms with Crippen LogP contribution in [0, 0.1) is 19.8 Å². The number of furan rings is 1. The van der Waals surface area contributed by atoms with Crippen molar-refractivity contribution in [2.75, 3.05) is 0 Å². The highest BCUT2D eigenvalue weighted by Gasteiger charge is 2.27. The first-order chi connectivity index (χ1) is 9.82. The number of carbonyl (C=O) groups is 2. The van der Waals surface area contributed by atoms with Gasteiger partial charge in [0.1, 0.15) is 11.6 Å². The molecule has 0 bridgehead atoms. The summed E-state index contributed by atoms with van der Waals surface area (Å²) in [4.78, 5) is 23.5. The molecule has 0 fully saturated rings. The maximum Gasteiger partial charge on any atom is 0.326 e. The number of amides is 1. The smallest absolute Gasteiger partial charge is 0.326 e. The number of carboxylic acids is 1. The topological polar surface area (TPSA) is 79.5 Å². The van der Waals surface area contributed by atoms with Crippen molar-refractivity contribution in [3.63, 3.8) is 0 Å². The van der Waals surface area contributed by atoms with Gasteiger partial charge in [-0.05, 0) is 25.3 Å². The van der Waals surface area contributed by atoms with E-state index in [1.54, 1.807) is 20.8 Å². The predicted octanol–water partition coefficient (Wildman–Crippen LogP) is 2.89. The van der Waals surface area contributed by atoms with Gasteiger partial charge in [0.2, 0.25) is 0 Å². The Kier molecular flexibility index (Phi) is 4.02. The molecule has 0 spiro atoms. The first-order valence-corrected chi connectivity index (χ1v) is 6.85. The van der Waals surface area contributed by atoms with E-state index in [0.29, 0.717) is 5.58 Å². The number of aryl methyl sites for hydroxylation is 2. The van der Waals surface area contributed by atoms with E-state index < -0.39 is 17.9 Å². The molecule has 0 unspecified atom stereocenters. The van der Waals surface area contributed by atoms with Crippen LogP contribution in [0.5, 0.6) is 0 Å². The Morgan fingerprint density at radius 3 is 2.43 bits per heavy atom. The Bertz CT molecular complexity index is 700. The Balaban J connectivity index is 2.38. The van der Waals surface area contributed by atoms with Crippen molar-refractivity contribution in [2.45, 2.75) is 33.7 Å². The molecule has 0 radical (unpaired) electrons. The maximum atomic E-state index is 12.3. The van der Waals surface area contributed by atoms with Crippen molar-refractivity contribution in [3.8, 4) is 0 Å². The fraction of sp³-hybridized carbons (Fsp3) is 0.375. The van der Waals surface area contributed by atoms with Crippen LogP contribution >= 0.6 is 0 Å². The average molecular weight is 289 g/mol. The Hall–Kier alpha value is -2.30. The summed E-state index contributed by atoms with van der Waals surface area (Å²) in [6.45, 7) is 7.19. The summed E-state index contributed by atoms with van der Waals surface area (Å²) in [5.41, 5.74) is 2.32. The van der Waals surface area contributed by atoms with Crippen LogP contribution < -0.4 is 5.32 Å². The third kappa shape index (κ3) is 2.77. The van der Waals surface area contributed by atoms with Crippen molar-refractivity contribution >= 4 is 22.8 Å². The first-order valence-electron chi connectivity index (χ1n) is 6.85. The molecular weight excluding hydrogens is 270 g/mol. The first kappa shape index (κ1) is 15.1. The summed E-state index contributed by atoms with van der Waals surface area (Å²) >= 11 is 0. The van der Waals surface area contributed by atoms with Gasteiger partial charge in [0.05, 0.1) is 0 Å². The van der Waals surface area contributed by atoms with Gasteiger partial charge in [-0.25, -0.2) is 4.79 Å². The molecule has 2 rings (SSSR count). The fourth-order valence-electron chi connectivity index (χ4n) is 2.32. The number of aliphatic carboxylic acids is 1. The zero-order valence-corrected chi connectivity index (χ0v) is 12.6. The van der Waals surface area contributed by atoms with Gasteiger partial charge in [0, 0.05) is 10.9 Å². The molecule has 0 aliphatic heterocycles. The number of benzene rings is 1. The molecule has 1 heterocycles. The van der Waals surface area contributed by atoms with Gasteiger partial charge in [0.25, 0.3) is 5.91 Å². The number of carboxylic acid groups (broad SMARTS) is 1. The van der Waals surface area contributed by atoms with E-state index in [4.69, 9.17) is 9.52 Å². The van der Waals surface area contributed by atoms with Crippen LogP contribution in [0.2, 0.25) is 0 Å². The highest BCUT2D eigenvalue weighted by Crippen LogP contribution is 2.27. The van der Waals surface area contributed by atoms with Crippen LogP contribution in [0.15, 0.2) is 22.6 Å². The van der Waals surface area contributed by atoms with Crippen LogP contribution in [-0.2, 0) is 4.79 Å². The quantitative estimate of drug-likeness (QED) is 0.907. The monoisotopic (exact) mass is 289 g/mol. The van der Waals surface area contributed by atoms with Crippen LogP contribution in [-0.4, -0.2) is 23.0 Å². The van der Waals surface area contributed by atoms with Gasteiger partial charge < -0.3 is 14.8 Å². The molecule has 0 aliphatic carbocycles. The van der Waals surface area contributed by atoms with Crippen LogP contribution in [0.1, 0.15) is 35.5 Å². The van der Waals surface area contributed by atoms with Gasteiger partial charge >= 0.3 is 5.97 Å². The second kappa shape index (κ2) is 5.60. The van der Waals surface area contributed by atoms with Gasteiger partial charge in [-0.1, -0.05) is 32.0 Å². The van der Waals surface area contributed by atoms with Gasteiger partial charge in [-0.2, -0.15) is 0 Å². The predicted molar refractivity (Wildman–Crippen MR) is 79.4 cm³/mol. The Labute approximate surface area is 122 Å². The van der Waals surface area contributed by atoms with Crippen LogP contribution in [0.3, 0.4) is 0 Å². The summed E-state index contributed by atoms with van der Waals surface area (Å²) in [6, 6.07) is 4.75. The summed E-state index contributed by atoms with van der Waals surface area (Å²) < 4.78 is 5.65. The van der Waals surface area contributed by atoms with Gasteiger partial charge in [-0.15, -0.1) is 0 Å². The molecule has 0 aliphatic rings. The fourth-order valence-corrected chi connectivity index (χ4v) is 2.32. The van der Waals surface area contributed by atoms with Crippen molar-refractivity contribution in [1.29, 1.82) is 0 Å². The average Bonchev–Trinajstić information content (AvgIpc) is 2.74. The van der Waals surface area contributed by atoms with Crippen molar-refractivity contribution in [3.05, 3.63) is 35.1 Å². The molecular formula is C16H19NO4. The van der Waals surface area contributed by atoms with E-state index in [1.165, 1.54) is 0 Å². The molecule has 21 heavy (non-hydrogen) atoms. The van der Waals surface area contributed by atoms with Gasteiger partial charge in [-0.3, -0.25) is 4.79 Å².